The van der Waals surface area contributed by atoms with Gasteiger partial charge in [-0.25, -0.2) is 0 Å². The van der Waals surface area contributed by atoms with Crippen molar-refractivity contribution in [2.75, 3.05) is 11.9 Å². The Bertz CT molecular complexity index is 807. The van der Waals surface area contributed by atoms with E-state index in [9.17, 15) is 9.59 Å². The van der Waals surface area contributed by atoms with Gasteiger partial charge in [0.1, 0.15) is 5.75 Å². The molecule has 0 bridgehead atoms. The number of benzene rings is 2. The van der Waals surface area contributed by atoms with E-state index in [1.807, 2.05) is 56.5 Å². The van der Waals surface area contributed by atoms with Crippen LogP contribution in [0.3, 0.4) is 0 Å². The van der Waals surface area contributed by atoms with Gasteiger partial charge in [-0.05, 0) is 36.6 Å². The van der Waals surface area contributed by atoms with Crippen LogP contribution in [0.15, 0.2) is 52.3 Å². The van der Waals surface area contributed by atoms with E-state index in [-0.39, 0.29) is 12.5 Å². The van der Waals surface area contributed by atoms with Crippen LogP contribution in [0.25, 0.3) is 0 Å². The first-order chi connectivity index (χ1) is 12.5. The highest BCUT2D eigenvalue weighted by molar-refractivity contribution is 7.99. The molecule has 1 aliphatic heterocycles. The highest BCUT2D eigenvalue weighted by Crippen LogP contribution is 2.44. The van der Waals surface area contributed by atoms with Crippen molar-refractivity contribution in [3.8, 4) is 5.75 Å². The van der Waals surface area contributed by atoms with E-state index in [1.54, 1.807) is 11.8 Å². The summed E-state index contributed by atoms with van der Waals surface area (Å²) in [5.41, 5.74) is 2.00. The molecule has 1 radical (unpaired) electrons. The lowest BCUT2D eigenvalue weighted by molar-refractivity contribution is -0.123. The first-order valence-corrected chi connectivity index (χ1v) is 9.34. The summed E-state index contributed by atoms with van der Waals surface area (Å²) in [5, 5.41) is 6.02. The van der Waals surface area contributed by atoms with Gasteiger partial charge < -0.3 is 15.4 Å². The SMILES string of the molecule is CC(C)C[C@@H]([C]=O)NC(=O)COc1ccc2c(c1)Nc1ccccc1S2. The molecule has 2 aromatic carbocycles. The largest absolute Gasteiger partial charge is 0.484 e. The summed E-state index contributed by atoms with van der Waals surface area (Å²) in [6, 6.07) is 13.2. The second-order valence-electron chi connectivity index (χ2n) is 6.54. The van der Waals surface area contributed by atoms with E-state index < -0.39 is 6.04 Å². The minimum Gasteiger partial charge on any atom is -0.484 e. The number of anilines is 2. The first kappa shape index (κ1) is 18.3. The van der Waals surface area contributed by atoms with Gasteiger partial charge in [-0.15, -0.1) is 0 Å². The Hall–Kier alpha value is -2.47. The van der Waals surface area contributed by atoms with Crippen molar-refractivity contribution in [2.45, 2.75) is 36.1 Å². The Labute approximate surface area is 157 Å². The molecule has 5 nitrogen and oxygen atoms in total. The highest BCUT2D eigenvalue weighted by atomic mass is 32.2. The third kappa shape index (κ3) is 4.58. The monoisotopic (exact) mass is 369 g/mol. The standard InChI is InChI=1S/C20H21N2O3S/c1-13(2)9-14(11-23)21-20(24)12-25-15-7-8-19-17(10-15)22-16-5-3-4-6-18(16)26-19/h3-8,10,13-14,22H,9,12H2,1-2H3,(H,21,24)/t14-/m0/s1. The molecule has 1 atom stereocenters. The van der Waals surface area contributed by atoms with Gasteiger partial charge >= 0.3 is 0 Å². The van der Waals surface area contributed by atoms with E-state index in [0.717, 1.165) is 16.3 Å². The maximum Gasteiger partial charge on any atom is 0.258 e. The molecule has 0 unspecified atom stereocenters. The second kappa shape index (κ2) is 8.27. The lowest BCUT2D eigenvalue weighted by Crippen LogP contribution is -2.39. The van der Waals surface area contributed by atoms with Gasteiger partial charge in [-0.3, -0.25) is 9.59 Å². The molecule has 0 saturated heterocycles. The van der Waals surface area contributed by atoms with Gasteiger partial charge in [-0.1, -0.05) is 37.7 Å². The van der Waals surface area contributed by atoms with Gasteiger partial charge in [-0.2, -0.15) is 0 Å². The van der Waals surface area contributed by atoms with Crippen LogP contribution in [0.5, 0.6) is 5.75 Å². The number of rotatable bonds is 7. The summed E-state index contributed by atoms with van der Waals surface area (Å²) >= 11 is 1.69. The molecule has 2 N–H and O–H groups in total. The average molecular weight is 369 g/mol. The van der Waals surface area contributed by atoms with Crippen LogP contribution in [0.1, 0.15) is 20.3 Å². The number of hydrogen-bond donors (Lipinski definition) is 2. The molecule has 0 spiro atoms. The average Bonchev–Trinajstić information content (AvgIpc) is 2.63. The molecule has 0 fully saturated rings. The number of amides is 1. The van der Waals surface area contributed by atoms with Crippen LogP contribution in [0.2, 0.25) is 0 Å². The minimum atomic E-state index is -0.593. The van der Waals surface area contributed by atoms with E-state index in [1.165, 1.54) is 4.90 Å². The number of carbonyl (C=O) groups is 1. The van der Waals surface area contributed by atoms with E-state index >= 15 is 0 Å². The minimum absolute atomic E-state index is 0.140. The third-order valence-corrected chi connectivity index (χ3v) is 5.03. The lowest BCUT2D eigenvalue weighted by atomic mass is 10.1. The summed E-state index contributed by atoms with van der Waals surface area (Å²) in [7, 11) is 0. The molecule has 135 valence electrons. The smallest absolute Gasteiger partial charge is 0.258 e. The zero-order chi connectivity index (χ0) is 18.5. The molecule has 3 rings (SSSR count). The predicted molar refractivity (Wildman–Crippen MR) is 103 cm³/mol. The molecule has 0 saturated carbocycles. The van der Waals surface area contributed by atoms with Gasteiger partial charge in [0.05, 0.1) is 17.4 Å². The Morgan fingerprint density at radius 3 is 2.73 bits per heavy atom. The molecule has 0 aromatic heterocycles. The molecular formula is C20H21N2O3S. The summed E-state index contributed by atoms with van der Waals surface area (Å²) in [6.07, 6.45) is 2.43. The van der Waals surface area contributed by atoms with Gasteiger partial charge in [0, 0.05) is 15.9 Å². The fourth-order valence-corrected chi connectivity index (χ4v) is 3.67. The van der Waals surface area contributed by atoms with Gasteiger partial charge in [0.25, 0.3) is 5.91 Å². The number of para-hydroxylation sites is 1. The van der Waals surface area contributed by atoms with Crippen molar-refractivity contribution in [3.63, 3.8) is 0 Å². The Balaban J connectivity index is 1.58. The Kier molecular flexibility index (Phi) is 5.83. The van der Waals surface area contributed by atoms with Crippen molar-refractivity contribution in [3.05, 3.63) is 42.5 Å². The molecule has 26 heavy (non-hydrogen) atoms. The van der Waals surface area contributed by atoms with Crippen LogP contribution in [0.4, 0.5) is 11.4 Å². The molecule has 6 heteroatoms. The number of fused-ring (bicyclic) bond motifs is 2. The zero-order valence-corrected chi connectivity index (χ0v) is 15.6. The lowest BCUT2D eigenvalue weighted by Gasteiger charge is -2.21. The maximum atomic E-state index is 12.0. The fraction of sp³-hybridized carbons (Fsp3) is 0.300. The summed E-state index contributed by atoms with van der Waals surface area (Å²) in [4.78, 5) is 25.2. The molecular weight excluding hydrogens is 348 g/mol. The molecule has 1 heterocycles. The maximum absolute atomic E-state index is 12.0. The van der Waals surface area contributed by atoms with Crippen LogP contribution < -0.4 is 15.4 Å². The van der Waals surface area contributed by atoms with Crippen LogP contribution in [-0.4, -0.2) is 24.8 Å². The van der Waals surface area contributed by atoms with Crippen molar-refractivity contribution in [1.82, 2.24) is 5.32 Å². The van der Waals surface area contributed by atoms with Crippen molar-refractivity contribution in [1.29, 1.82) is 0 Å². The van der Waals surface area contributed by atoms with Gasteiger partial charge in [0.15, 0.2) is 6.61 Å². The van der Waals surface area contributed by atoms with Crippen LogP contribution in [-0.2, 0) is 9.59 Å². The molecule has 2 aromatic rings. The predicted octanol–water partition coefficient (Wildman–Crippen LogP) is 3.91. The summed E-state index contributed by atoms with van der Waals surface area (Å²) in [6.45, 7) is 3.84. The zero-order valence-electron chi connectivity index (χ0n) is 14.7. The molecule has 1 aliphatic rings. The second-order valence-corrected chi connectivity index (χ2v) is 7.62. The Morgan fingerprint density at radius 1 is 1.19 bits per heavy atom. The van der Waals surface area contributed by atoms with Crippen molar-refractivity contribution < 1.29 is 14.3 Å². The van der Waals surface area contributed by atoms with E-state index in [2.05, 4.69) is 16.7 Å². The molecule has 1 amide bonds. The van der Waals surface area contributed by atoms with Crippen LogP contribution in [0, 0.1) is 5.92 Å². The molecule has 0 aliphatic carbocycles. The van der Waals surface area contributed by atoms with Gasteiger partial charge in [0.2, 0.25) is 6.29 Å². The Morgan fingerprint density at radius 2 is 1.96 bits per heavy atom. The third-order valence-electron chi connectivity index (χ3n) is 3.88. The number of nitrogens with one attached hydrogen (secondary N) is 2. The number of ether oxygens (including phenoxy) is 1. The van der Waals surface area contributed by atoms with Crippen molar-refractivity contribution in [2.24, 2.45) is 5.92 Å². The van der Waals surface area contributed by atoms with Crippen LogP contribution >= 0.6 is 11.8 Å². The number of carbonyl (C=O) groups excluding carboxylic acids is 2. The summed E-state index contributed by atoms with van der Waals surface area (Å²) < 4.78 is 5.58. The fourth-order valence-electron chi connectivity index (χ4n) is 2.70. The first-order valence-electron chi connectivity index (χ1n) is 8.53. The highest BCUT2D eigenvalue weighted by Gasteiger charge is 2.17. The normalized spacial score (nSPS) is 13.2. The quantitative estimate of drug-likeness (QED) is 0.661. The topological polar surface area (TPSA) is 67.4 Å². The summed E-state index contributed by atoms with van der Waals surface area (Å²) in [5.74, 6) is 0.570. The number of hydrogen-bond acceptors (Lipinski definition) is 5. The van der Waals surface area contributed by atoms with Crippen molar-refractivity contribution >= 4 is 35.3 Å². The van der Waals surface area contributed by atoms with E-state index in [0.29, 0.717) is 18.1 Å². The van der Waals surface area contributed by atoms with E-state index in [4.69, 9.17) is 4.74 Å².